The molecule has 0 bridgehead atoms. The van der Waals surface area contributed by atoms with Crippen molar-refractivity contribution in [2.45, 2.75) is 12.0 Å². The highest BCUT2D eigenvalue weighted by atomic mass is 35.5. The molecule has 0 radical (unpaired) electrons. The highest BCUT2D eigenvalue weighted by Crippen LogP contribution is 2.56. The summed E-state index contributed by atoms with van der Waals surface area (Å²) in [5.41, 5.74) is 3.26. The Balaban J connectivity index is 1.17. The lowest BCUT2D eigenvalue weighted by Gasteiger charge is -2.39. The van der Waals surface area contributed by atoms with Crippen molar-refractivity contribution in [3.8, 4) is 28.7 Å². The summed E-state index contributed by atoms with van der Waals surface area (Å²) in [6, 6.07) is 13.0. The number of carbonyl (C=O) groups excluding carboxylic acids is 2. The minimum Gasteiger partial charge on any atom is -0.493 e. The first kappa shape index (κ1) is 31.5. The number of fused-ring (bicyclic) bond motifs is 3. The van der Waals surface area contributed by atoms with E-state index in [2.05, 4.69) is 9.80 Å². The summed E-state index contributed by atoms with van der Waals surface area (Å²) in [5.74, 6) is 0.162. The fourth-order valence-corrected chi connectivity index (χ4v) is 7.44. The molecule has 4 aliphatic rings. The molecule has 248 valence electrons. The summed E-state index contributed by atoms with van der Waals surface area (Å²) in [4.78, 5) is 31.3. The summed E-state index contributed by atoms with van der Waals surface area (Å²) in [6.07, 6.45) is -0.737. The molecule has 2 fully saturated rings. The van der Waals surface area contributed by atoms with Gasteiger partial charge in [-0.05, 0) is 53.6 Å². The van der Waals surface area contributed by atoms with Gasteiger partial charge in [0.15, 0.2) is 23.0 Å². The Labute approximate surface area is 282 Å². The molecule has 7 rings (SSSR count). The third kappa shape index (κ3) is 5.74. The Hall–Kier alpha value is -4.06. The number of hydrogen-bond donors (Lipinski definition) is 0. The standard InChI is InChI=1S/C34H34Cl2N2O9/c1-41-27-10-18(11-28(42-2)33(27)43-3)30-20-13-25-26(46-17-45-25)14-21(20)32(22-16-44-34(40)31(22)30)47-29(39)15-37-6-8-38(9-7-37)19-4-5-23(35)24(36)12-19/h4-5,10-14,22,30-32H,6-9,15-17H2,1-3H3/t22-,30+,31-,32-/m0/s1. The number of hydrogen-bond acceptors (Lipinski definition) is 11. The first-order valence-corrected chi connectivity index (χ1v) is 16.1. The van der Waals surface area contributed by atoms with Crippen molar-refractivity contribution >= 4 is 40.8 Å². The fraction of sp³-hybridized carbons (Fsp3) is 0.412. The molecule has 3 aromatic rings. The van der Waals surface area contributed by atoms with Crippen LogP contribution in [-0.2, 0) is 19.1 Å². The highest BCUT2D eigenvalue weighted by molar-refractivity contribution is 6.42. The molecule has 0 amide bonds. The van der Waals surface area contributed by atoms with Gasteiger partial charge in [-0.2, -0.15) is 0 Å². The first-order valence-electron chi connectivity index (χ1n) is 15.3. The van der Waals surface area contributed by atoms with Crippen molar-refractivity contribution in [1.82, 2.24) is 4.90 Å². The quantitative estimate of drug-likeness (QED) is 0.296. The lowest BCUT2D eigenvalue weighted by Crippen LogP contribution is -2.48. The predicted octanol–water partition coefficient (Wildman–Crippen LogP) is 5.09. The van der Waals surface area contributed by atoms with E-state index < -0.39 is 23.9 Å². The number of esters is 2. The van der Waals surface area contributed by atoms with Crippen molar-refractivity contribution in [3.63, 3.8) is 0 Å². The number of ether oxygens (including phenoxy) is 7. The Morgan fingerprint density at radius 1 is 0.851 bits per heavy atom. The van der Waals surface area contributed by atoms with Gasteiger partial charge >= 0.3 is 11.9 Å². The van der Waals surface area contributed by atoms with Crippen LogP contribution in [0.4, 0.5) is 5.69 Å². The van der Waals surface area contributed by atoms with Crippen molar-refractivity contribution in [1.29, 1.82) is 0 Å². The van der Waals surface area contributed by atoms with Crippen LogP contribution in [0.3, 0.4) is 0 Å². The molecule has 47 heavy (non-hydrogen) atoms. The molecule has 11 nitrogen and oxygen atoms in total. The SMILES string of the molecule is COc1cc([C@@H]2c3cc4c(cc3[C@H](OC(=O)CN3CCN(c5ccc(Cl)c(Cl)c5)CC3)[C@H]3COC(=O)[C@H]23)OCO4)cc(OC)c1OC. The lowest BCUT2D eigenvalue weighted by molar-refractivity contribution is -0.156. The van der Waals surface area contributed by atoms with Crippen LogP contribution < -0.4 is 28.6 Å². The minimum absolute atomic E-state index is 0.0701. The lowest BCUT2D eigenvalue weighted by atomic mass is 9.66. The molecular weight excluding hydrogens is 651 g/mol. The second-order valence-corrected chi connectivity index (χ2v) is 12.7. The van der Waals surface area contributed by atoms with Crippen LogP contribution in [-0.4, -0.2) is 84.3 Å². The summed E-state index contributed by atoms with van der Waals surface area (Å²) < 4.78 is 40.2. The topological polar surface area (TPSA) is 105 Å². The molecule has 0 unspecified atom stereocenters. The van der Waals surface area contributed by atoms with Crippen LogP contribution in [0.25, 0.3) is 0 Å². The van der Waals surface area contributed by atoms with E-state index in [1.165, 1.54) is 7.11 Å². The van der Waals surface area contributed by atoms with Gasteiger partial charge in [-0.15, -0.1) is 0 Å². The average molecular weight is 686 g/mol. The van der Waals surface area contributed by atoms with Gasteiger partial charge in [0.05, 0.1) is 50.4 Å². The van der Waals surface area contributed by atoms with Crippen LogP contribution in [0.1, 0.15) is 28.7 Å². The molecule has 2 saturated heterocycles. The Morgan fingerprint density at radius 3 is 2.17 bits per heavy atom. The number of nitrogens with zero attached hydrogens (tertiary/aromatic N) is 2. The summed E-state index contributed by atoms with van der Waals surface area (Å²) in [7, 11) is 4.63. The van der Waals surface area contributed by atoms with Gasteiger partial charge in [0, 0.05) is 49.3 Å². The third-order valence-electron chi connectivity index (χ3n) is 9.42. The zero-order valence-electron chi connectivity index (χ0n) is 26.1. The van der Waals surface area contributed by atoms with Gasteiger partial charge in [-0.3, -0.25) is 14.5 Å². The van der Waals surface area contributed by atoms with Crippen LogP contribution in [0.2, 0.25) is 10.0 Å². The van der Waals surface area contributed by atoms with E-state index in [1.807, 2.05) is 36.4 Å². The number of cyclic esters (lactones) is 1. The van der Waals surface area contributed by atoms with Gasteiger partial charge in [0.1, 0.15) is 6.10 Å². The van der Waals surface area contributed by atoms with Crippen molar-refractivity contribution in [2.24, 2.45) is 11.8 Å². The van der Waals surface area contributed by atoms with E-state index in [0.29, 0.717) is 65.0 Å². The van der Waals surface area contributed by atoms with E-state index in [4.69, 9.17) is 56.4 Å². The molecule has 3 heterocycles. The van der Waals surface area contributed by atoms with E-state index in [1.54, 1.807) is 20.3 Å². The van der Waals surface area contributed by atoms with Gasteiger partial charge < -0.3 is 38.1 Å². The number of carbonyl (C=O) groups is 2. The second-order valence-electron chi connectivity index (χ2n) is 11.9. The molecule has 0 N–H and O–H groups in total. The van der Waals surface area contributed by atoms with Crippen molar-refractivity contribution in [3.05, 3.63) is 69.2 Å². The molecule has 0 aromatic heterocycles. The van der Waals surface area contributed by atoms with Gasteiger partial charge in [0.2, 0.25) is 12.5 Å². The maximum absolute atomic E-state index is 13.6. The maximum Gasteiger partial charge on any atom is 0.320 e. The first-order chi connectivity index (χ1) is 22.8. The number of benzene rings is 3. The smallest absolute Gasteiger partial charge is 0.320 e. The average Bonchev–Trinajstić information content (AvgIpc) is 3.71. The Kier molecular flexibility index (Phi) is 8.63. The van der Waals surface area contributed by atoms with E-state index in [9.17, 15) is 9.59 Å². The Morgan fingerprint density at radius 2 is 1.53 bits per heavy atom. The second kappa shape index (κ2) is 12.9. The van der Waals surface area contributed by atoms with Gasteiger partial charge in [-0.1, -0.05) is 23.2 Å². The zero-order chi connectivity index (χ0) is 32.8. The summed E-state index contributed by atoms with van der Waals surface area (Å²) in [5, 5.41) is 1.02. The normalized spacial score (nSPS) is 23.1. The number of methoxy groups -OCH3 is 3. The minimum atomic E-state index is -0.737. The van der Waals surface area contributed by atoms with Crippen molar-refractivity contribution < 1.29 is 42.7 Å². The number of halogens is 2. The number of rotatable bonds is 8. The summed E-state index contributed by atoms with van der Waals surface area (Å²) >= 11 is 12.3. The molecule has 1 aliphatic carbocycles. The van der Waals surface area contributed by atoms with E-state index in [-0.39, 0.29) is 31.9 Å². The number of piperazine rings is 1. The highest BCUT2D eigenvalue weighted by Gasteiger charge is 2.54. The van der Waals surface area contributed by atoms with Gasteiger partial charge in [-0.25, -0.2) is 0 Å². The van der Waals surface area contributed by atoms with Crippen LogP contribution in [0.5, 0.6) is 28.7 Å². The fourth-order valence-electron chi connectivity index (χ4n) is 7.15. The molecule has 0 saturated carbocycles. The maximum atomic E-state index is 13.6. The largest absolute Gasteiger partial charge is 0.493 e. The van der Waals surface area contributed by atoms with Crippen LogP contribution >= 0.6 is 23.2 Å². The van der Waals surface area contributed by atoms with E-state index >= 15 is 0 Å². The molecule has 3 aliphatic heterocycles. The molecule has 0 spiro atoms. The molecule has 4 atom stereocenters. The predicted molar refractivity (Wildman–Crippen MR) is 172 cm³/mol. The molecule has 13 heteroatoms. The third-order valence-corrected chi connectivity index (χ3v) is 10.2. The zero-order valence-corrected chi connectivity index (χ0v) is 27.6. The Bertz CT molecular complexity index is 1690. The van der Waals surface area contributed by atoms with Gasteiger partial charge in [0.25, 0.3) is 0 Å². The number of anilines is 1. The van der Waals surface area contributed by atoms with Crippen molar-refractivity contribution in [2.75, 3.05) is 72.4 Å². The van der Waals surface area contributed by atoms with Crippen LogP contribution in [0.15, 0.2) is 42.5 Å². The van der Waals surface area contributed by atoms with Crippen LogP contribution in [0, 0.1) is 11.8 Å². The molecule has 3 aromatic carbocycles. The molecular formula is C34H34Cl2N2O9. The van der Waals surface area contributed by atoms with E-state index in [0.717, 1.165) is 22.4 Å². The monoisotopic (exact) mass is 684 g/mol. The summed E-state index contributed by atoms with van der Waals surface area (Å²) in [6.45, 7) is 3.03.